The minimum absolute atomic E-state index is 0.529. The number of aromatic nitrogens is 1. The van der Waals surface area contributed by atoms with E-state index in [-0.39, 0.29) is 0 Å². The van der Waals surface area contributed by atoms with Crippen molar-refractivity contribution in [2.45, 2.75) is 0 Å². The molecule has 47 heavy (non-hydrogen) atoms. The van der Waals surface area contributed by atoms with E-state index in [0.29, 0.717) is 5.56 Å². The molecule has 1 nitrogen and oxygen atoms in total. The average molecular weight is 626 g/mol. The zero-order valence-electron chi connectivity index (χ0n) is 25.0. The maximum atomic E-state index is 13.8. The summed E-state index contributed by atoms with van der Waals surface area (Å²) in [4.78, 5) is 4.81. The lowest BCUT2D eigenvalue weighted by atomic mass is 9.94. The van der Waals surface area contributed by atoms with Crippen molar-refractivity contribution in [3.05, 3.63) is 163 Å². The first-order chi connectivity index (χ1) is 23.0. The monoisotopic (exact) mass is 625 g/mol. The summed E-state index contributed by atoms with van der Waals surface area (Å²) >= 11 is 1.72. The average Bonchev–Trinajstić information content (AvgIpc) is 3.55. The lowest BCUT2D eigenvalue weighted by molar-refractivity contribution is 0.584. The first-order valence-electron chi connectivity index (χ1n) is 15.5. The van der Waals surface area contributed by atoms with E-state index in [4.69, 9.17) is 4.98 Å². The van der Waals surface area contributed by atoms with Crippen molar-refractivity contribution in [3.8, 4) is 44.0 Å². The molecule has 0 N–H and O–H groups in total. The first-order valence-corrected chi connectivity index (χ1v) is 16.3. The van der Waals surface area contributed by atoms with Crippen molar-refractivity contribution in [1.82, 2.24) is 4.98 Å². The van der Waals surface area contributed by atoms with E-state index in [1.807, 2.05) is 24.3 Å². The highest BCUT2D eigenvalue weighted by Crippen LogP contribution is 2.35. The number of thiazole rings is 1. The number of hydrogen-bond donors (Lipinski definition) is 0. The SMILES string of the molecule is Fc1cc(F)cc(-c2ccc3c(ccc4cc(-c5ccc6cc(-c7ccc(-c8nc9ccccc9s8)cc7)ccc6c5)ccc43)c2)c1. The van der Waals surface area contributed by atoms with Crippen LogP contribution >= 0.6 is 11.3 Å². The van der Waals surface area contributed by atoms with Crippen LogP contribution in [0.4, 0.5) is 8.78 Å². The molecule has 0 fully saturated rings. The number of fused-ring (bicyclic) bond motifs is 5. The second kappa shape index (κ2) is 11.0. The summed E-state index contributed by atoms with van der Waals surface area (Å²) in [6.45, 7) is 0. The number of nitrogens with zero attached hydrogens (tertiary/aromatic N) is 1. The lowest BCUT2D eigenvalue weighted by Gasteiger charge is -2.11. The van der Waals surface area contributed by atoms with Crippen LogP contribution in [0.1, 0.15) is 0 Å². The molecule has 9 aromatic rings. The third-order valence-electron chi connectivity index (χ3n) is 8.96. The predicted octanol–water partition coefficient (Wildman–Crippen LogP) is 12.7. The van der Waals surface area contributed by atoms with Crippen LogP contribution in [0.5, 0.6) is 0 Å². The van der Waals surface area contributed by atoms with Crippen molar-refractivity contribution in [3.63, 3.8) is 0 Å². The topological polar surface area (TPSA) is 12.9 Å². The maximum absolute atomic E-state index is 13.8. The van der Waals surface area contributed by atoms with E-state index in [1.54, 1.807) is 11.3 Å². The summed E-state index contributed by atoms with van der Waals surface area (Å²) in [6.07, 6.45) is 0. The summed E-state index contributed by atoms with van der Waals surface area (Å²) in [7, 11) is 0. The molecule has 222 valence electrons. The van der Waals surface area contributed by atoms with E-state index < -0.39 is 11.6 Å². The van der Waals surface area contributed by atoms with Gasteiger partial charge in [-0.05, 0) is 114 Å². The number of benzene rings is 8. The van der Waals surface area contributed by atoms with Gasteiger partial charge in [-0.3, -0.25) is 0 Å². The fourth-order valence-corrected chi connectivity index (χ4v) is 7.53. The van der Waals surface area contributed by atoms with Gasteiger partial charge in [-0.1, -0.05) is 97.1 Å². The lowest BCUT2D eigenvalue weighted by Crippen LogP contribution is -1.86. The molecule has 8 aromatic carbocycles. The number of para-hydroxylation sites is 1. The summed E-state index contributed by atoms with van der Waals surface area (Å²) in [5, 5.41) is 7.85. The van der Waals surface area contributed by atoms with Crippen molar-refractivity contribution in [1.29, 1.82) is 0 Å². The minimum atomic E-state index is -0.577. The molecule has 0 bridgehead atoms. The third kappa shape index (κ3) is 5.04. The Hall–Kier alpha value is -5.71. The molecule has 0 amide bonds. The molecular formula is C43H25F2NS. The molecule has 0 aliphatic rings. The number of hydrogen-bond acceptors (Lipinski definition) is 2. The van der Waals surface area contributed by atoms with Crippen LogP contribution < -0.4 is 0 Å². The highest BCUT2D eigenvalue weighted by Gasteiger charge is 2.10. The van der Waals surface area contributed by atoms with Crippen molar-refractivity contribution in [2.75, 3.05) is 0 Å². The van der Waals surface area contributed by atoms with Crippen LogP contribution in [-0.2, 0) is 0 Å². The van der Waals surface area contributed by atoms with Crippen molar-refractivity contribution < 1.29 is 8.78 Å². The van der Waals surface area contributed by atoms with Crippen LogP contribution in [0.25, 0.3) is 86.5 Å². The molecule has 0 radical (unpaired) electrons. The Morgan fingerprint density at radius 2 is 0.851 bits per heavy atom. The van der Waals surface area contributed by atoms with Gasteiger partial charge in [0, 0.05) is 11.6 Å². The van der Waals surface area contributed by atoms with Crippen molar-refractivity contribution >= 4 is 53.9 Å². The Morgan fingerprint density at radius 1 is 0.383 bits per heavy atom. The normalized spacial score (nSPS) is 11.6. The van der Waals surface area contributed by atoms with Crippen LogP contribution in [-0.4, -0.2) is 4.98 Å². The van der Waals surface area contributed by atoms with Crippen molar-refractivity contribution in [2.24, 2.45) is 0 Å². The first kappa shape index (κ1) is 27.6. The highest BCUT2D eigenvalue weighted by molar-refractivity contribution is 7.21. The minimum Gasteiger partial charge on any atom is -0.236 e. The third-order valence-corrected chi connectivity index (χ3v) is 10.0. The Balaban J connectivity index is 0.999. The second-order valence-electron chi connectivity index (χ2n) is 11.9. The van der Waals surface area contributed by atoms with E-state index in [1.165, 1.54) is 38.7 Å². The van der Waals surface area contributed by atoms with Gasteiger partial charge >= 0.3 is 0 Å². The molecule has 0 aliphatic carbocycles. The molecule has 0 unspecified atom stereocenters. The molecule has 0 saturated heterocycles. The molecule has 1 heterocycles. The molecule has 1 aromatic heterocycles. The Labute approximate surface area is 274 Å². The summed E-state index contributed by atoms with van der Waals surface area (Å²) in [5.41, 5.74) is 8.17. The fourth-order valence-electron chi connectivity index (χ4n) is 6.56. The smallest absolute Gasteiger partial charge is 0.126 e. The van der Waals surface area contributed by atoms with Gasteiger partial charge in [0.2, 0.25) is 0 Å². The molecule has 0 aliphatic heterocycles. The fraction of sp³-hybridized carbons (Fsp3) is 0. The van der Waals surface area contributed by atoms with Gasteiger partial charge in [0.1, 0.15) is 16.6 Å². The molecule has 0 atom stereocenters. The van der Waals surface area contributed by atoms with Crippen LogP contribution in [0.15, 0.2) is 152 Å². The summed E-state index contributed by atoms with van der Waals surface area (Å²) < 4.78 is 28.9. The van der Waals surface area contributed by atoms with Crippen LogP contribution in [0.2, 0.25) is 0 Å². The molecule has 0 spiro atoms. The number of rotatable bonds is 4. The summed E-state index contributed by atoms with van der Waals surface area (Å²) in [5.74, 6) is -1.15. The zero-order valence-corrected chi connectivity index (χ0v) is 25.9. The highest BCUT2D eigenvalue weighted by atomic mass is 32.1. The van der Waals surface area contributed by atoms with Gasteiger partial charge in [-0.2, -0.15) is 0 Å². The quantitative estimate of drug-likeness (QED) is 0.177. The van der Waals surface area contributed by atoms with Crippen LogP contribution in [0.3, 0.4) is 0 Å². The largest absolute Gasteiger partial charge is 0.236 e. The van der Waals surface area contributed by atoms with E-state index in [0.717, 1.165) is 60.4 Å². The van der Waals surface area contributed by atoms with Gasteiger partial charge in [-0.15, -0.1) is 11.3 Å². The molecule has 0 saturated carbocycles. The van der Waals surface area contributed by atoms with E-state index in [9.17, 15) is 8.78 Å². The molecular weight excluding hydrogens is 601 g/mol. The Morgan fingerprint density at radius 3 is 1.47 bits per heavy atom. The Kier molecular flexibility index (Phi) is 6.44. The maximum Gasteiger partial charge on any atom is 0.126 e. The van der Waals surface area contributed by atoms with Gasteiger partial charge < -0.3 is 0 Å². The van der Waals surface area contributed by atoms with E-state index in [2.05, 4.69) is 109 Å². The van der Waals surface area contributed by atoms with Gasteiger partial charge in [-0.25, -0.2) is 13.8 Å². The van der Waals surface area contributed by atoms with E-state index >= 15 is 0 Å². The Bertz CT molecular complexity index is 2600. The standard InChI is InChI=1S/C43H25F2NS/c44-37-23-36(24-38(45)25-37)33-16-18-40-35(22-33)14-13-34-21-32(15-17-39(34)40)31-12-11-29-19-28(9-10-30(29)20-31)26-5-7-27(8-6-26)43-46-41-3-1-2-4-42(41)47-43/h1-25H. The zero-order chi connectivity index (χ0) is 31.5. The number of halogens is 2. The molecule has 9 rings (SSSR count). The van der Waals surface area contributed by atoms with Gasteiger partial charge in [0.25, 0.3) is 0 Å². The second-order valence-corrected chi connectivity index (χ2v) is 13.0. The van der Waals surface area contributed by atoms with Gasteiger partial charge in [0.15, 0.2) is 0 Å². The van der Waals surface area contributed by atoms with Crippen LogP contribution in [0, 0.1) is 11.6 Å². The predicted molar refractivity (Wildman–Crippen MR) is 194 cm³/mol. The van der Waals surface area contributed by atoms with Gasteiger partial charge in [0.05, 0.1) is 10.2 Å². The summed E-state index contributed by atoms with van der Waals surface area (Å²) in [6, 6.07) is 50.6. The molecule has 4 heteroatoms.